The lowest BCUT2D eigenvalue weighted by atomic mass is 10.0. The molecule has 0 saturated carbocycles. The molecule has 0 aliphatic rings. The van der Waals surface area contributed by atoms with Crippen LogP contribution in [0.4, 0.5) is 0 Å². The number of benzene rings is 1. The Morgan fingerprint density at radius 2 is 2.15 bits per heavy atom. The van der Waals surface area contributed by atoms with Gasteiger partial charge in [0.15, 0.2) is 5.75 Å². The SMILES string of the molecule is CC(C(=O)O)c1ccccc1ON. The van der Waals surface area contributed by atoms with E-state index in [2.05, 4.69) is 4.84 Å². The summed E-state index contributed by atoms with van der Waals surface area (Å²) in [7, 11) is 0. The van der Waals surface area contributed by atoms with E-state index in [1.165, 1.54) is 0 Å². The molecule has 4 nitrogen and oxygen atoms in total. The van der Waals surface area contributed by atoms with Crippen LogP contribution >= 0.6 is 0 Å². The normalized spacial score (nSPS) is 12.2. The van der Waals surface area contributed by atoms with E-state index in [0.717, 1.165) is 0 Å². The zero-order valence-corrected chi connectivity index (χ0v) is 7.23. The van der Waals surface area contributed by atoms with Gasteiger partial charge in [-0.1, -0.05) is 18.2 Å². The van der Waals surface area contributed by atoms with Crippen LogP contribution in [0.1, 0.15) is 18.4 Å². The molecule has 1 aromatic rings. The largest absolute Gasteiger partial charge is 0.481 e. The highest BCUT2D eigenvalue weighted by atomic mass is 16.6. The Hall–Kier alpha value is -1.55. The number of carboxylic acid groups (broad SMARTS) is 1. The summed E-state index contributed by atoms with van der Waals surface area (Å²) < 4.78 is 0. The molecule has 3 N–H and O–H groups in total. The lowest BCUT2D eigenvalue weighted by Crippen LogP contribution is -2.11. The maximum Gasteiger partial charge on any atom is 0.310 e. The Labute approximate surface area is 75.9 Å². The molecule has 0 radical (unpaired) electrons. The van der Waals surface area contributed by atoms with Gasteiger partial charge in [-0.3, -0.25) is 4.79 Å². The molecule has 70 valence electrons. The molecule has 13 heavy (non-hydrogen) atoms. The van der Waals surface area contributed by atoms with Crippen molar-refractivity contribution < 1.29 is 14.7 Å². The van der Waals surface area contributed by atoms with Crippen molar-refractivity contribution in [3.05, 3.63) is 29.8 Å². The minimum Gasteiger partial charge on any atom is -0.481 e. The summed E-state index contributed by atoms with van der Waals surface area (Å²) in [5.74, 6) is 3.89. The van der Waals surface area contributed by atoms with Crippen molar-refractivity contribution in [1.29, 1.82) is 0 Å². The molecular formula is C9H11NO3. The number of nitrogens with two attached hydrogens (primary N) is 1. The maximum absolute atomic E-state index is 10.7. The Balaban J connectivity index is 3.05. The Kier molecular flexibility index (Phi) is 2.87. The average molecular weight is 181 g/mol. The second-order valence-corrected chi connectivity index (χ2v) is 2.72. The quantitative estimate of drug-likeness (QED) is 0.685. The molecule has 0 aliphatic carbocycles. The smallest absolute Gasteiger partial charge is 0.310 e. The molecule has 0 amide bonds. The lowest BCUT2D eigenvalue weighted by Gasteiger charge is -2.10. The predicted octanol–water partition coefficient (Wildman–Crippen LogP) is 1.13. The van der Waals surface area contributed by atoms with Gasteiger partial charge < -0.3 is 9.94 Å². The van der Waals surface area contributed by atoms with Crippen LogP contribution in [0.5, 0.6) is 5.75 Å². The predicted molar refractivity (Wildman–Crippen MR) is 47.3 cm³/mol. The molecule has 1 aromatic carbocycles. The van der Waals surface area contributed by atoms with Crippen molar-refractivity contribution in [1.82, 2.24) is 0 Å². The lowest BCUT2D eigenvalue weighted by molar-refractivity contribution is -0.138. The highest BCUT2D eigenvalue weighted by Gasteiger charge is 2.17. The topological polar surface area (TPSA) is 72.5 Å². The van der Waals surface area contributed by atoms with Crippen molar-refractivity contribution in [3.63, 3.8) is 0 Å². The van der Waals surface area contributed by atoms with Gasteiger partial charge in [-0.2, -0.15) is 5.90 Å². The van der Waals surface area contributed by atoms with E-state index in [1.807, 2.05) is 0 Å². The molecule has 0 heterocycles. The minimum atomic E-state index is -0.899. The van der Waals surface area contributed by atoms with Crippen molar-refractivity contribution in [2.24, 2.45) is 5.90 Å². The first-order valence-corrected chi connectivity index (χ1v) is 3.85. The Bertz CT molecular complexity index is 311. The number of hydrogen-bond donors (Lipinski definition) is 2. The van der Waals surface area contributed by atoms with Gasteiger partial charge in [0, 0.05) is 5.56 Å². The summed E-state index contributed by atoms with van der Waals surface area (Å²) in [4.78, 5) is 15.2. The van der Waals surface area contributed by atoms with Crippen LogP contribution in [0.15, 0.2) is 24.3 Å². The fourth-order valence-electron chi connectivity index (χ4n) is 1.08. The maximum atomic E-state index is 10.7. The van der Waals surface area contributed by atoms with Crippen LogP contribution in [0.2, 0.25) is 0 Å². The van der Waals surface area contributed by atoms with Crippen LogP contribution in [0.25, 0.3) is 0 Å². The Morgan fingerprint density at radius 1 is 1.54 bits per heavy atom. The highest BCUT2D eigenvalue weighted by molar-refractivity contribution is 5.76. The van der Waals surface area contributed by atoms with E-state index >= 15 is 0 Å². The fourth-order valence-corrected chi connectivity index (χ4v) is 1.08. The summed E-state index contributed by atoms with van der Waals surface area (Å²) in [5.41, 5.74) is 0.581. The molecule has 1 atom stereocenters. The van der Waals surface area contributed by atoms with E-state index in [0.29, 0.717) is 11.3 Å². The molecule has 0 aromatic heterocycles. The van der Waals surface area contributed by atoms with Crippen LogP contribution in [-0.4, -0.2) is 11.1 Å². The summed E-state index contributed by atoms with van der Waals surface area (Å²) >= 11 is 0. The van der Waals surface area contributed by atoms with E-state index in [4.69, 9.17) is 11.0 Å². The van der Waals surface area contributed by atoms with Crippen molar-refractivity contribution in [2.75, 3.05) is 0 Å². The van der Waals surface area contributed by atoms with Crippen molar-refractivity contribution in [3.8, 4) is 5.75 Å². The number of aliphatic carboxylic acids is 1. The van der Waals surface area contributed by atoms with Gasteiger partial charge in [0.1, 0.15) is 0 Å². The fraction of sp³-hybridized carbons (Fsp3) is 0.222. The van der Waals surface area contributed by atoms with E-state index in [9.17, 15) is 4.79 Å². The number of carboxylic acids is 1. The third-order valence-electron chi connectivity index (χ3n) is 1.88. The van der Waals surface area contributed by atoms with Crippen LogP contribution < -0.4 is 10.7 Å². The van der Waals surface area contributed by atoms with Gasteiger partial charge >= 0.3 is 5.97 Å². The second kappa shape index (κ2) is 3.91. The van der Waals surface area contributed by atoms with E-state index in [-0.39, 0.29) is 0 Å². The first-order chi connectivity index (χ1) is 6.16. The zero-order valence-electron chi connectivity index (χ0n) is 7.23. The number of carbonyl (C=O) groups is 1. The van der Waals surface area contributed by atoms with Crippen LogP contribution in [-0.2, 0) is 4.79 Å². The summed E-state index contributed by atoms with van der Waals surface area (Å²) in [6.45, 7) is 1.58. The summed E-state index contributed by atoms with van der Waals surface area (Å²) in [5, 5.41) is 8.76. The van der Waals surface area contributed by atoms with E-state index < -0.39 is 11.9 Å². The van der Waals surface area contributed by atoms with Gasteiger partial charge in [-0.15, -0.1) is 0 Å². The second-order valence-electron chi connectivity index (χ2n) is 2.72. The average Bonchev–Trinajstić information content (AvgIpc) is 2.16. The number of hydrogen-bond acceptors (Lipinski definition) is 3. The van der Waals surface area contributed by atoms with Gasteiger partial charge in [0.25, 0.3) is 0 Å². The Morgan fingerprint density at radius 3 is 2.69 bits per heavy atom. The van der Waals surface area contributed by atoms with E-state index in [1.54, 1.807) is 31.2 Å². The highest BCUT2D eigenvalue weighted by Crippen LogP contribution is 2.25. The van der Waals surface area contributed by atoms with Crippen molar-refractivity contribution >= 4 is 5.97 Å². The van der Waals surface area contributed by atoms with Crippen LogP contribution in [0, 0.1) is 0 Å². The van der Waals surface area contributed by atoms with Gasteiger partial charge in [-0.05, 0) is 13.0 Å². The van der Waals surface area contributed by atoms with Crippen molar-refractivity contribution in [2.45, 2.75) is 12.8 Å². The molecule has 0 saturated heterocycles. The monoisotopic (exact) mass is 181 g/mol. The molecule has 0 bridgehead atoms. The third-order valence-corrected chi connectivity index (χ3v) is 1.88. The molecule has 1 unspecified atom stereocenters. The standard InChI is InChI=1S/C9H11NO3/c1-6(9(11)12)7-4-2-3-5-8(7)13-10/h2-6H,10H2,1H3,(H,11,12). The summed E-state index contributed by atoms with van der Waals surface area (Å²) in [6.07, 6.45) is 0. The third kappa shape index (κ3) is 1.97. The molecule has 0 spiro atoms. The first kappa shape index (κ1) is 9.54. The van der Waals surface area contributed by atoms with Crippen LogP contribution in [0.3, 0.4) is 0 Å². The molecule has 4 heteroatoms. The van der Waals surface area contributed by atoms with Gasteiger partial charge in [-0.25, -0.2) is 0 Å². The number of rotatable bonds is 3. The molecule has 0 aliphatic heterocycles. The first-order valence-electron chi connectivity index (χ1n) is 3.85. The summed E-state index contributed by atoms with van der Waals surface area (Å²) in [6, 6.07) is 6.80. The zero-order chi connectivity index (χ0) is 9.84. The minimum absolute atomic E-state index is 0.400. The number of para-hydroxylation sites is 1. The molecule has 1 rings (SSSR count). The van der Waals surface area contributed by atoms with Gasteiger partial charge in [0.2, 0.25) is 0 Å². The molecular weight excluding hydrogens is 170 g/mol. The van der Waals surface area contributed by atoms with Gasteiger partial charge in [0.05, 0.1) is 5.92 Å². The molecule has 0 fully saturated rings.